The zero-order chi connectivity index (χ0) is 18.0. The van der Waals surface area contributed by atoms with Gasteiger partial charge in [-0.25, -0.2) is 0 Å². The van der Waals surface area contributed by atoms with E-state index in [-0.39, 0.29) is 15.8 Å². The first-order valence-corrected chi connectivity index (χ1v) is 9.34. The number of hydrogen-bond acceptors (Lipinski definition) is 6. The van der Waals surface area contributed by atoms with Crippen LogP contribution in [-0.2, 0) is 11.5 Å². The van der Waals surface area contributed by atoms with Crippen molar-refractivity contribution in [2.45, 2.75) is 11.5 Å². The topological polar surface area (TPSA) is 130 Å². The first-order chi connectivity index (χ1) is 12.0. The highest BCUT2D eigenvalue weighted by molar-refractivity contribution is 8.13. The van der Waals surface area contributed by atoms with Gasteiger partial charge in [0.15, 0.2) is 10.3 Å². The molecule has 2 aromatic carbocycles. The lowest BCUT2D eigenvalue weighted by Gasteiger charge is -2.09. The smallest absolute Gasteiger partial charge is 0.200 e. The Labute approximate surface area is 152 Å². The van der Waals surface area contributed by atoms with Crippen LogP contribution >= 0.6 is 23.5 Å². The molecule has 128 valence electrons. The number of fused-ring (bicyclic) bond motifs is 2. The Morgan fingerprint density at radius 3 is 1.72 bits per heavy atom. The van der Waals surface area contributed by atoms with Crippen molar-refractivity contribution in [2.75, 3.05) is 0 Å². The minimum absolute atomic E-state index is 0.0127. The van der Waals surface area contributed by atoms with Gasteiger partial charge in [-0.3, -0.25) is 15.6 Å². The molecule has 1 aromatic heterocycles. The molecule has 3 aromatic rings. The molecule has 25 heavy (non-hydrogen) atoms. The van der Waals surface area contributed by atoms with E-state index in [4.69, 9.17) is 26.7 Å². The third-order valence-electron chi connectivity index (χ3n) is 3.65. The molecule has 0 aliphatic heterocycles. The quantitative estimate of drug-likeness (QED) is 0.316. The Morgan fingerprint density at radius 1 is 0.880 bits per heavy atom. The summed E-state index contributed by atoms with van der Waals surface area (Å²) in [5.74, 6) is 0.900. The van der Waals surface area contributed by atoms with Crippen LogP contribution in [0.3, 0.4) is 0 Å². The van der Waals surface area contributed by atoms with Crippen LogP contribution in [0.25, 0.3) is 21.9 Å². The molecule has 0 unspecified atom stereocenters. The molecule has 0 aliphatic rings. The van der Waals surface area contributed by atoms with Crippen LogP contribution < -0.4 is 16.9 Å². The van der Waals surface area contributed by atoms with Gasteiger partial charge in [-0.15, -0.1) is 0 Å². The van der Waals surface area contributed by atoms with Gasteiger partial charge in [-0.1, -0.05) is 47.8 Å². The van der Waals surface area contributed by atoms with Gasteiger partial charge < -0.3 is 15.9 Å². The maximum Gasteiger partial charge on any atom is 0.200 e. The van der Waals surface area contributed by atoms with Crippen molar-refractivity contribution in [2.24, 2.45) is 11.5 Å². The molecule has 0 aliphatic carbocycles. The number of rotatable bonds is 4. The Balaban J connectivity index is 2.21. The molecule has 0 amide bonds. The highest BCUT2D eigenvalue weighted by Crippen LogP contribution is 2.28. The van der Waals surface area contributed by atoms with Crippen LogP contribution in [0.2, 0.25) is 0 Å². The van der Waals surface area contributed by atoms with E-state index in [2.05, 4.69) is 0 Å². The number of nitrogens with two attached hydrogens (primary N) is 2. The van der Waals surface area contributed by atoms with E-state index >= 15 is 0 Å². The summed E-state index contributed by atoms with van der Waals surface area (Å²) in [6.07, 6.45) is 0. The fraction of sp³-hybridized carbons (Fsp3) is 0.118. The second-order valence-corrected chi connectivity index (χ2v) is 7.36. The van der Waals surface area contributed by atoms with E-state index in [1.165, 1.54) is 23.5 Å². The van der Waals surface area contributed by atoms with E-state index in [0.29, 0.717) is 33.4 Å². The van der Waals surface area contributed by atoms with Crippen LogP contribution in [0.5, 0.6) is 0 Å². The van der Waals surface area contributed by atoms with Gasteiger partial charge in [0.05, 0.1) is 10.8 Å². The molecule has 6 nitrogen and oxygen atoms in total. The largest absolute Gasteiger partial charge is 0.455 e. The van der Waals surface area contributed by atoms with Crippen LogP contribution in [0.1, 0.15) is 11.1 Å². The molecular formula is C17H16N4O2S2. The maximum atomic E-state index is 12.9. The van der Waals surface area contributed by atoms with E-state index in [1.807, 2.05) is 12.1 Å². The van der Waals surface area contributed by atoms with Crippen molar-refractivity contribution in [3.63, 3.8) is 0 Å². The van der Waals surface area contributed by atoms with Gasteiger partial charge in [0.2, 0.25) is 5.43 Å². The fourth-order valence-electron chi connectivity index (χ4n) is 2.55. The molecule has 1 heterocycles. The number of nitrogens with one attached hydrogen (secondary N) is 2. The van der Waals surface area contributed by atoms with Crippen LogP contribution in [0.15, 0.2) is 45.6 Å². The minimum atomic E-state index is -0.0967. The second-order valence-electron chi connectivity index (χ2n) is 5.32. The first-order valence-electron chi connectivity index (χ1n) is 7.37. The van der Waals surface area contributed by atoms with Crippen molar-refractivity contribution < 1.29 is 4.42 Å². The summed E-state index contributed by atoms with van der Waals surface area (Å²) in [5.41, 5.74) is 13.4. The molecule has 6 N–H and O–H groups in total. The molecule has 0 spiro atoms. The highest BCUT2D eigenvalue weighted by Gasteiger charge is 2.14. The third kappa shape index (κ3) is 3.64. The SMILES string of the molecule is N=C(N)SCc1cccc2c(=O)c3cccc(CSC(=N)N)c3oc12. The van der Waals surface area contributed by atoms with E-state index in [9.17, 15) is 4.79 Å². The highest BCUT2D eigenvalue weighted by atomic mass is 32.2. The lowest BCUT2D eigenvalue weighted by Crippen LogP contribution is -2.07. The van der Waals surface area contributed by atoms with Crippen LogP contribution in [0.4, 0.5) is 0 Å². The summed E-state index contributed by atoms with van der Waals surface area (Å²) in [4.78, 5) is 12.9. The summed E-state index contributed by atoms with van der Waals surface area (Å²) in [7, 11) is 0. The van der Waals surface area contributed by atoms with Crippen molar-refractivity contribution in [1.82, 2.24) is 0 Å². The summed E-state index contributed by atoms with van der Waals surface area (Å²) < 4.78 is 6.10. The number of para-hydroxylation sites is 2. The zero-order valence-electron chi connectivity index (χ0n) is 13.2. The first kappa shape index (κ1) is 17.4. The average Bonchev–Trinajstić information content (AvgIpc) is 2.58. The summed E-state index contributed by atoms with van der Waals surface area (Å²) in [5, 5.41) is 15.8. The number of benzene rings is 2. The number of thioether (sulfide) groups is 2. The van der Waals surface area contributed by atoms with Crippen molar-refractivity contribution in [1.29, 1.82) is 10.8 Å². The molecule has 8 heteroatoms. The summed E-state index contributed by atoms with van der Waals surface area (Å²) in [6, 6.07) is 10.8. The van der Waals surface area contributed by atoms with E-state index in [1.54, 1.807) is 24.3 Å². The van der Waals surface area contributed by atoms with Gasteiger partial charge in [0.25, 0.3) is 0 Å². The van der Waals surface area contributed by atoms with Crippen molar-refractivity contribution in [3.8, 4) is 0 Å². The third-order valence-corrected chi connectivity index (χ3v) is 5.19. The molecule has 0 atom stereocenters. The Bertz CT molecular complexity index is 967. The zero-order valence-corrected chi connectivity index (χ0v) is 14.8. The standard InChI is InChI=1S/C17H16N4O2S2/c18-16(19)24-7-9-3-1-5-11-13(22)12-6-2-4-10(8-25-17(20)21)15(12)23-14(9)11/h1-6H,7-8H2,(H3,18,19)(H3,20,21). The van der Waals surface area contributed by atoms with Gasteiger partial charge >= 0.3 is 0 Å². The molecule has 0 bridgehead atoms. The molecule has 0 saturated carbocycles. The number of hydrogen-bond donors (Lipinski definition) is 4. The Morgan fingerprint density at radius 2 is 1.32 bits per heavy atom. The lowest BCUT2D eigenvalue weighted by molar-refractivity contribution is 0.653. The molecule has 0 fully saturated rings. The minimum Gasteiger partial charge on any atom is -0.455 e. The summed E-state index contributed by atoms with van der Waals surface area (Å²) in [6.45, 7) is 0. The predicted octanol–water partition coefficient (Wildman–Crippen LogP) is 3.20. The fourth-order valence-corrected chi connectivity index (χ4v) is 3.63. The Hall–Kier alpha value is -2.45. The molecule has 3 rings (SSSR count). The second kappa shape index (κ2) is 7.20. The number of amidine groups is 2. The Kier molecular flexibility index (Phi) is 5.00. The van der Waals surface area contributed by atoms with Crippen LogP contribution in [-0.4, -0.2) is 10.3 Å². The van der Waals surface area contributed by atoms with Crippen molar-refractivity contribution >= 4 is 55.8 Å². The van der Waals surface area contributed by atoms with Crippen molar-refractivity contribution in [3.05, 3.63) is 57.7 Å². The van der Waals surface area contributed by atoms with E-state index < -0.39 is 0 Å². The van der Waals surface area contributed by atoms with Gasteiger partial charge in [0, 0.05) is 22.6 Å². The molecular weight excluding hydrogens is 356 g/mol. The lowest BCUT2D eigenvalue weighted by atomic mass is 10.1. The molecule has 0 saturated heterocycles. The van der Waals surface area contributed by atoms with E-state index in [0.717, 1.165) is 11.1 Å². The van der Waals surface area contributed by atoms with Gasteiger partial charge in [-0.05, 0) is 12.1 Å². The maximum absolute atomic E-state index is 12.9. The van der Waals surface area contributed by atoms with Gasteiger partial charge in [0.1, 0.15) is 11.2 Å². The molecule has 0 radical (unpaired) electrons. The van der Waals surface area contributed by atoms with Gasteiger partial charge in [-0.2, -0.15) is 0 Å². The average molecular weight is 372 g/mol. The monoisotopic (exact) mass is 372 g/mol. The van der Waals surface area contributed by atoms with Crippen LogP contribution in [0, 0.1) is 10.8 Å². The normalized spacial score (nSPS) is 11.0. The predicted molar refractivity (Wildman–Crippen MR) is 106 cm³/mol. The summed E-state index contributed by atoms with van der Waals surface area (Å²) >= 11 is 2.36.